The summed E-state index contributed by atoms with van der Waals surface area (Å²) in [6.07, 6.45) is 0.298. The molecule has 0 fully saturated rings. The lowest BCUT2D eigenvalue weighted by molar-refractivity contribution is -0.131. The van der Waals surface area contributed by atoms with Crippen molar-refractivity contribution in [1.82, 2.24) is 9.88 Å². The third-order valence-electron chi connectivity index (χ3n) is 4.45. The van der Waals surface area contributed by atoms with Gasteiger partial charge in [0.25, 0.3) is 0 Å². The molecule has 1 aromatic heterocycles. The normalized spacial score (nSPS) is 12.0. The van der Waals surface area contributed by atoms with Crippen molar-refractivity contribution in [2.45, 2.75) is 19.4 Å². The van der Waals surface area contributed by atoms with Gasteiger partial charge in [-0.15, -0.1) is 11.3 Å². The number of nitrogens with zero attached hydrogens (tertiary/aromatic N) is 2. The molecule has 0 unspecified atom stereocenters. The van der Waals surface area contributed by atoms with E-state index in [1.165, 1.54) is 0 Å². The molecule has 26 heavy (non-hydrogen) atoms. The molecule has 5 nitrogen and oxygen atoms in total. The summed E-state index contributed by atoms with van der Waals surface area (Å²) < 4.78 is 11.7. The van der Waals surface area contributed by atoms with Crippen LogP contribution in [0, 0.1) is 0 Å². The Kier molecular flexibility index (Phi) is 5.42. The minimum absolute atomic E-state index is 0.0315. The van der Waals surface area contributed by atoms with Crippen molar-refractivity contribution in [2.24, 2.45) is 0 Å². The Balaban J connectivity index is 1.74. The Morgan fingerprint density at radius 2 is 1.88 bits per heavy atom. The van der Waals surface area contributed by atoms with Crippen molar-refractivity contribution in [2.75, 3.05) is 21.3 Å². The molecule has 6 heteroatoms. The molecule has 0 aliphatic rings. The zero-order valence-corrected chi connectivity index (χ0v) is 16.2. The van der Waals surface area contributed by atoms with Crippen LogP contribution >= 0.6 is 11.3 Å². The molecule has 1 atom stereocenters. The van der Waals surface area contributed by atoms with Crippen molar-refractivity contribution in [3.05, 3.63) is 53.0 Å². The number of thiazole rings is 1. The summed E-state index contributed by atoms with van der Waals surface area (Å²) in [5.41, 5.74) is 1.86. The van der Waals surface area contributed by atoms with Crippen molar-refractivity contribution in [3.8, 4) is 11.5 Å². The van der Waals surface area contributed by atoms with Crippen molar-refractivity contribution in [3.63, 3.8) is 0 Å². The molecule has 0 aliphatic carbocycles. The van der Waals surface area contributed by atoms with E-state index in [0.717, 1.165) is 20.8 Å². The van der Waals surface area contributed by atoms with Crippen LogP contribution in [0.3, 0.4) is 0 Å². The summed E-state index contributed by atoms with van der Waals surface area (Å²) in [6.45, 7) is 2.00. The zero-order valence-electron chi connectivity index (χ0n) is 15.4. The molecule has 0 saturated carbocycles. The highest BCUT2D eigenvalue weighted by atomic mass is 32.1. The van der Waals surface area contributed by atoms with Crippen LogP contribution in [0.4, 0.5) is 0 Å². The number of aromatic nitrogens is 1. The van der Waals surface area contributed by atoms with Gasteiger partial charge in [-0.3, -0.25) is 4.79 Å². The predicted molar refractivity (Wildman–Crippen MR) is 104 cm³/mol. The second-order valence-electron chi connectivity index (χ2n) is 6.07. The van der Waals surface area contributed by atoms with Crippen LogP contribution in [0.15, 0.2) is 42.5 Å². The van der Waals surface area contributed by atoms with Crippen molar-refractivity contribution in [1.29, 1.82) is 0 Å². The molecule has 1 heterocycles. The van der Waals surface area contributed by atoms with E-state index in [1.54, 1.807) is 30.5 Å². The van der Waals surface area contributed by atoms with Crippen LogP contribution in [0.5, 0.6) is 11.5 Å². The molecule has 0 radical (unpaired) electrons. The van der Waals surface area contributed by atoms with E-state index < -0.39 is 0 Å². The van der Waals surface area contributed by atoms with Gasteiger partial charge in [-0.1, -0.05) is 18.2 Å². The summed E-state index contributed by atoms with van der Waals surface area (Å²) in [4.78, 5) is 19.1. The zero-order chi connectivity index (χ0) is 18.7. The third kappa shape index (κ3) is 3.65. The standard InChI is InChI=1S/C20H22N2O3S/c1-13(20-21-15-7-5-6-8-18(15)26-20)22(2)19(23)12-14-9-10-16(24-3)17(11-14)25-4/h5-11,13H,12H2,1-4H3/t13-/m1/s1. The van der Waals surface area contributed by atoms with Crippen LogP contribution in [0.25, 0.3) is 10.2 Å². The topological polar surface area (TPSA) is 51.7 Å². The van der Waals surface area contributed by atoms with Gasteiger partial charge in [0.1, 0.15) is 5.01 Å². The molecule has 0 saturated heterocycles. The number of amides is 1. The fourth-order valence-corrected chi connectivity index (χ4v) is 3.80. The number of carbonyl (C=O) groups excluding carboxylic acids is 1. The lowest BCUT2D eigenvalue weighted by Crippen LogP contribution is -2.30. The first-order valence-corrected chi connectivity index (χ1v) is 9.17. The Bertz CT molecular complexity index is 889. The molecule has 0 bridgehead atoms. The van der Waals surface area contributed by atoms with Gasteiger partial charge in [0, 0.05) is 7.05 Å². The number of likely N-dealkylation sites (N-methyl/N-ethyl adjacent to an activating group) is 1. The summed E-state index contributed by atoms with van der Waals surface area (Å²) >= 11 is 1.63. The number of hydrogen-bond acceptors (Lipinski definition) is 5. The summed E-state index contributed by atoms with van der Waals surface area (Å²) in [6, 6.07) is 13.5. The lowest BCUT2D eigenvalue weighted by Gasteiger charge is -2.23. The number of methoxy groups -OCH3 is 2. The molecule has 0 N–H and O–H groups in total. The van der Waals surface area contributed by atoms with E-state index in [9.17, 15) is 4.79 Å². The SMILES string of the molecule is COc1ccc(CC(=O)N(C)[C@H](C)c2nc3ccccc3s2)cc1OC. The number of hydrogen-bond donors (Lipinski definition) is 0. The molecule has 3 aromatic rings. The van der Waals surface area contributed by atoms with E-state index in [2.05, 4.69) is 11.1 Å². The Morgan fingerprint density at radius 1 is 1.15 bits per heavy atom. The molecular formula is C20H22N2O3S. The summed E-state index contributed by atoms with van der Waals surface area (Å²) in [7, 11) is 5.00. The first-order chi connectivity index (χ1) is 12.5. The number of para-hydroxylation sites is 1. The average Bonchev–Trinajstić information content (AvgIpc) is 3.10. The second kappa shape index (κ2) is 7.74. The minimum atomic E-state index is -0.0833. The van der Waals surface area contributed by atoms with Crippen LogP contribution < -0.4 is 9.47 Å². The Morgan fingerprint density at radius 3 is 2.58 bits per heavy atom. The number of carbonyl (C=O) groups is 1. The van der Waals surface area contributed by atoms with E-state index in [0.29, 0.717) is 17.9 Å². The number of ether oxygens (including phenoxy) is 2. The maximum absolute atomic E-state index is 12.7. The third-order valence-corrected chi connectivity index (χ3v) is 5.65. The fourth-order valence-electron chi connectivity index (χ4n) is 2.74. The maximum atomic E-state index is 12.7. The highest BCUT2D eigenvalue weighted by Crippen LogP contribution is 2.30. The van der Waals surface area contributed by atoms with Crippen LogP contribution in [0.1, 0.15) is 23.5 Å². The van der Waals surface area contributed by atoms with Gasteiger partial charge in [0.05, 0.1) is 36.9 Å². The van der Waals surface area contributed by atoms with Gasteiger partial charge in [-0.2, -0.15) is 0 Å². The molecule has 3 rings (SSSR count). The molecule has 0 aliphatic heterocycles. The highest BCUT2D eigenvalue weighted by Gasteiger charge is 2.21. The predicted octanol–water partition coefficient (Wildman–Crippen LogP) is 4.08. The maximum Gasteiger partial charge on any atom is 0.227 e. The van der Waals surface area contributed by atoms with Crippen molar-refractivity contribution < 1.29 is 14.3 Å². The van der Waals surface area contributed by atoms with Crippen LogP contribution in [-0.2, 0) is 11.2 Å². The van der Waals surface area contributed by atoms with Gasteiger partial charge in [-0.25, -0.2) is 4.98 Å². The van der Waals surface area contributed by atoms with Gasteiger partial charge >= 0.3 is 0 Å². The van der Waals surface area contributed by atoms with E-state index in [-0.39, 0.29) is 11.9 Å². The first-order valence-electron chi connectivity index (χ1n) is 8.35. The number of fused-ring (bicyclic) bond motifs is 1. The largest absolute Gasteiger partial charge is 0.493 e. The molecule has 0 spiro atoms. The van der Waals surface area contributed by atoms with Gasteiger partial charge < -0.3 is 14.4 Å². The second-order valence-corrected chi connectivity index (χ2v) is 7.13. The van der Waals surface area contributed by atoms with Crippen molar-refractivity contribution >= 4 is 27.5 Å². The number of benzene rings is 2. The summed E-state index contributed by atoms with van der Waals surface area (Å²) in [5.74, 6) is 1.31. The average molecular weight is 370 g/mol. The Hall–Kier alpha value is -2.60. The Labute approximate surface area is 157 Å². The lowest BCUT2D eigenvalue weighted by atomic mass is 10.1. The minimum Gasteiger partial charge on any atom is -0.493 e. The molecule has 136 valence electrons. The molecule has 2 aromatic carbocycles. The summed E-state index contributed by atoms with van der Waals surface area (Å²) in [5, 5.41) is 0.939. The van der Waals surface area contributed by atoms with Gasteiger partial charge in [0.2, 0.25) is 5.91 Å². The quantitative estimate of drug-likeness (QED) is 0.656. The van der Waals surface area contributed by atoms with Crippen LogP contribution in [0.2, 0.25) is 0 Å². The van der Waals surface area contributed by atoms with E-state index in [1.807, 2.05) is 50.4 Å². The fraction of sp³-hybridized carbons (Fsp3) is 0.300. The van der Waals surface area contributed by atoms with E-state index >= 15 is 0 Å². The highest BCUT2D eigenvalue weighted by molar-refractivity contribution is 7.18. The molecular weight excluding hydrogens is 348 g/mol. The molecule has 1 amide bonds. The van der Waals surface area contributed by atoms with Crippen LogP contribution in [-0.4, -0.2) is 37.1 Å². The number of rotatable bonds is 6. The smallest absolute Gasteiger partial charge is 0.227 e. The first kappa shape index (κ1) is 18.2. The van der Waals surface area contributed by atoms with E-state index in [4.69, 9.17) is 9.47 Å². The van der Waals surface area contributed by atoms with Gasteiger partial charge in [0.15, 0.2) is 11.5 Å². The van der Waals surface area contributed by atoms with Gasteiger partial charge in [-0.05, 0) is 36.8 Å². The monoisotopic (exact) mass is 370 g/mol.